The summed E-state index contributed by atoms with van der Waals surface area (Å²) in [4.78, 5) is 11.1. The molecule has 0 radical (unpaired) electrons. The zero-order valence-electron chi connectivity index (χ0n) is 7.25. The first kappa shape index (κ1) is 7.84. The SMILES string of the molecule is O=C(/C=C/C1CC1)NCC1CC1. The van der Waals surface area contributed by atoms with Crippen molar-refractivity contribution in [3.8, 4) is 0 Å². The maximum absolute atomic E-state index is 11.1. The molecule has 2 heteroatoms. The van der Waals surface area contributed by atoms with Crippen LogP contribution in [0.3, 0.4) is 0 Å². The highest BCUT2D eigenvalue weighted by molar-refractivity contribution is 5.87. The van der Waals surface area contributed by atoms with E-state index >= 15 is 0 Å². The Morgan fingerprint density at radius 1 is 1.33 bits per heavy atom. The number of allylic oxidation sites excluding steroid dienone is 1. The standard InChI is InChI=1S/C10H15NO/c12-10(6-5-8-1-2-8)11-7-9-3-4-9/h5-6,8-9H,1-4,7H2,(H,11,12)/b6-5+. The van der Waals surface area contributed by atoms with E-state index in [0.29, 0.717) is 5.92 Å². The lowest BCUT2D eigenvalue weighted by molar-refractivity contribution is -0.116. The minimum Gasteiger partial charge on any atom is -0.352 e. The lowest BCUT2D eigenvalue weighted by Gasteiger charge is -1.97. The van der Waals surface area contributed by atoms with Gasteiger partial charge in [0.05, 0.1) is 0 Å². The average molecular weight is 165 g/mol. The summed E-state index contributed by atoms with van der Waals surface area (Å²) in [6.45, 7) is 0.883. The Labute approximate surface area is 73.0 Å². The average Bonchev–Trinajstić information content (AvgIpc) is 2.89. The van der Waals surface area contributed by atoms with E-state index in [2.05, 4.69) is 5.32 Å². The van der Waals surface area contributed by atoms with Crippen LogP contribution in [0.2, 0.25) is 0 Å². The molecule has 0 bridgehead atoms. The Hall–Kier alpha value is -0.790. The van der Waals surface area contributed by atoms with Crippen molar-refractivity contribution >= 4 is 5.91 Å². The van der Waals surface area contributed by atoms with Crippen LogP contribution in [0.5, 0.6) is 0 Å². The van der Waals surface area contributed by atoms with Gasteiger partial charge in [0, 0.05) is 6.54 Å². The Morgan fingerprint density at radius 2 is 2.08 bits per heavy atom. The molecule has 0 spiro atoms. The first-order valence-corrected chi connectivity index (χ1v) is 4.80. The first-order valence-electron chi connectivity index (χ1n) is 4.80. The molecule has 0 aliphatic heterocycles. The van der Waals surface area contributed by atoms with Crippen molar-refractivity contribution in [2.45, 2.75) is 25.7 Å². The van der Waals surface area contributed by atoms with Crippen molar-refractivity contribution in [1.29, 1.82) is 0 Å². The zero-order valence-corrected chi connectivity index (χ0v) is 7.25. The molecule has 1 amide bonds. The van der Waals surface area contributed by atoms with E-state index in [1.807, 2.05) is 6.08 Å². The van der Waals surface area contributed by atoms with Crippen LogP contribution in [0, 0.1) is 11.8 Å². The lowest BCUT2D eigenvalue weighted by atomic mass is 10.3. The van der Waals surface area contributed by atoms with Crippen LogP contribution < -0.4 is 5.32 Å². The molecule has 2 nitrogen and oxygen atoms in total. The Bertz CT molecular complexity index is 202. The van der Waals surface area contributed by atoms with E-state index in [9.17, 15) is 4.79 Å². The van der Waals surface area contributed by atoms with Gasteiger partial charge in [-0.1, -0.05) is 6.08 Å². The van der Waals surface area contributed by atoms with Crippen LogP contribution in [0.25, 0.3) is 0 Å². The second-order valence-corrected chi connectivity index (χ2v) is 3.89. The van der Waals surface area contributed by atoms with Crippen molar-refractivity contribution in [2.75, 3.05) is 6.54 Å². The molecule has 66 valence electrons. The number of rotatable bonds is 4. The van der Waals surface area contributed by atoms with Gasteiger partial charge in [-0.2, -0.15) is 0 Å². The maximum Gasteiger partial charge on any atom is 0.243 e. The van der Waals surface area contributed by atoms with E-state index in [1.165, 1.54) is 25.7 Å². The molecule has 1 N–H and O–H groups in total. The van der Waals surface area contributed by atoms with E-state index in [-0.39, 0.29) is 5.91 Å². The highest BCUT2D eigenvalue weighted by atomic mass is 16.1. The fourth-order valence-corrected chi connectivity index (χ4v) is 1.14. The van der Waals surface area contributed by atoms with Gasteiger partial charge in [-0.05, 0) is 43.6 Å². The second kappa shape index (κ2) is 3.30. The van der Waals surface area contributed by atoms with Gasteiger partial charge < -0.3 is 5.32 Å². The minimum absolute atomic E-state index is 0.0915. The zero-order chi connectivity index (χ0) is 8.39. The predicted molar refractivity (Wildman–Crippen MR) is 47.6 cm³/mol. The monoisotopic (exact) mass is 165 g/mol. The van der Waals surface area contributed by atoms with Gasteiger partial charge in [0.1, 0.15) is 0 Å². The largest absolute Gasteiger partial charge is 0.352 e. The number of amides is 1. The number of nitrogens with one attached hydrogen (secondary N) is 1. The normalized spacial score (nSPS) is 23.0. The third kappa shape index (κ3) is 2.68. The number of carbonyl (C=O) groups excluding carboxylic acids is 1. The maximum atomic E-state index is 11.1. The van der Waals surface area contributed by atoms with Crippen LogP contribution in [0.15, 0.2) is 12.2 Å². The molecule has 0 heterocycles. The van der Waals surface area contributed by atoms with Crippen LogP contribution in [0.4, 0.5) is 0 Å². The summed E-state index contributed by atoms with van der Waals surface area (Å²) in [5, 5.41) is 2.90. The molecule has 2 aliphatic carbocycles. The molecular formula is C10H15NO. The minimum atomic E-state index is 0.0915. The smallest absolute Gasteiger partial charge is 0.243 e. The van der Waals surface area contributed by atoms with Gasteiger partial charge in [-0.15, -0.1) is 0 Å². The predicted octanol–water partition coefficient (Wildman–Crippen LogP) is 1.48. The van der Waals surface area contributed by atoms with Gasteiger partial charge >= 0.3 is 0 Å². The molecule has 0 unspecified atom stereocenters. The molecule has 12 heavy (non-hydrogen) atoms. The quantitative estimate of drug-likeness (QED) is 0.628. The molecule has 0 aromatic rings. The van der Waals surface area contributed by atoms with Gasteiger partial charge in [0.15, 0.2) is 0 Å². The molecule has 2 fully saturated rings. The van der Waals surface area contributed by atoms with Gasteiger partial charge in [-0.25, -0.2) is 0 Å². The number of hydrogen-bond acceptors (Lipinski definition) is 1. The Morgan fingerprint density at radius 3 is 2.67 bits per heavy atom. The summed E-state index contributed by atoms with van der Waals surface area (Å²) < 4.78 is 0. The van der Waals surface area contributed by atoms with Crippen molar-refractivity contribution in [3.63, 3.8) is 0 Å². The third-order valence-corrected chi connectivity index (χ3v) is 2.40. The fourth-order valence-electron chi connectivity index (χ4n) is 1.14. The van der Waals surface area contributed by atoms with E-state index in [4.69, 9.17) is 0 Å². The molecule has 2 rings (SSSR count). The molecule has 0 aromatic carbocycles. The van der Waals surface area contributed by atoms with Crippen molar-refractivity contribution in [2.24, 2.45) is 11.8 Å². The number of hydrogen-bond donors (Lipinski definition) is 1. The van der Waals surface area contributed by atoms with Gasteiger partial charge in [0.2, 0.25) is 5.91 Å². The third-order valence-electron chi connectivity index (χ3n) is 2.40. The van der Waals surface area contributed by atoms with Crippen molar-refractivity contribution in [3.05, 3.63) is 12.2 Å². The van der Waals surface area contributed by atoms with Crippen molar-refractivity contribution in [1.82, 2.24) is 5.32 Å². The highest BCUT2D eigenvalue weighted by Crippen LogP contribution is 2.30. The lowest BCUT2D eigenvalue weighted by Crippen LogP contribution is -2.23. The molecule has 2 aliphatic rings. The topological polar surface area (TPSA) is 29.1 Å². The van der Waals surface area contributed by atoms with E-state index in [1.54, 1.807) is 6.08 Å². The first-order chi connectivity index (χ1) is 5.84. The summed E-state index contributed by atoms with van der Waals surface area (Å²) in [6.07, 6.45) is 8.86. The van der Waals surface area contributed by atoms with Crippen molar-refractivity contribution < 1.29 is 4.79 Å². The molecule has 0 aromatic heterocycles. The van der Waals surface area contributed by atoms with Crippen LogP contribution >= 0.6 is 0 Å². The Kier molecular flexibility index (Phi) is 2.15. The van der Waals surface area contributed by atoms with Crippen LogP contribution in [0.1, 0.15) is 25.7 Å². The highest BCUT2D eigenvalue weighted by Gasteiger charge is 2.21. The molecule has 0 saturated heterocycles. The van der Waals surface area contributed by atoms with Gasteiger partial charge in [-0.3, -0.25) is 4.79 Å². The van der Waals surface area contributed by atoms with Crippen LogP contribution in [-0.4, -0.2) is 12.5 Å². The fraction of sp³-hybridized carbons (Fsp3) is 0.700. The summed E-state index contributed by atoms with van der Waals surface area (Å²) >= 11 is 0. The summed E-state index contributed by atoms with van der Waals surface area (Å²) in [5.74, 6) is 1.58. The number of carbonyl (C=O) groups is 1. The molecular weight excluding hydrogens is 150 g/mol. The van der Waals surface area contributed by atoms with E-state index in [0.717, 1.165) is 12.5 Å². The Balaban J connectivity index is 1.61. The summed E-state index contributed by atoms with van der Waals surface area (Å²) in [7, 11) is 0. The molecule has 0 atom stereocenters. The summed E-state index contributed by atoms with van der Waals surface area (Å²) in [5.41, 5.74) is 0. The second-order valence-electron chi connectivity index (χ2n) is 3.89. The van der Waals surface area contributed by atoms with Crippen LogP contribution in [-0.2, 0) is 4.79 Å². The van der Waals surface area contributed by atoms with Gasteiger partial charge in [0.25, 0.3) is 0 Å². The summed E-state index contributed by atoms with van der Waals surface area (Å²) in [6, 6.07) is 0. The van der Waals surface area contributed by atoms with E-state index < -0.39 is 0 Å². The molecule has 2 saturated carbocycles.